The summed E-state index contributed by atoms with van der Waals surface area (Å²) in [4.78, 5) is 14.3. The van der Waals surface area contributed by atoms with Crippen molar-refractivity contribution in [1.29, 1.82) is 0 Å². The number of carbonyl (C=O) groups is 1. The van der Waals surface area contributed by atoms with Gasteiger partial charge in [-0.1, -0.05) is 60.7 Å². The molecule has 1 atom stereocenters. The van der Waals surface area contributed by atoms with E-state index in [4.69, 9.17) is 57.7 Å². The van der Waals surface area contributed by atoms with Gasteiger partial charge in [0.1, 0.15) is 17.8 Å². The first-order chi connectivity index (χ1) is 15.8. The molecule has 0 bridgehead atoms. The molecule has 4 nitrogen and oxygen atoms in total. The number of amides is 1. The fourth-order valence-electron chi connectivity index (χ4n) is 3.63. The van der Waals surface area contributed by atoms with Gasteiger partial charge in [-0.15, -0.1) is 0 Å². The Labute approximate surface area is 227 Å². The number of amidine groups is 1. The molecule has 1 amide bonds. The van der Waals surface area contributed by atoms with Crippen molar-refractivity contribution in [2.75, 3.05) is 0 Å². The van der Waals surface area contributed by atoms with Crippen LogP contribution in [0, 0.1) is 0 Å². The Morgan fingerprint density at radius 3 is 1.74 bits per heavy atom. The van der Waals surface area contributed by atoms with Crippen LogP contribution in [0.4, 0.5) is 0 Å². The number of rotatable bonds is 4. The van der Waals surface area contributed by atoms with Gasteiger partial charge in [0, 0.05) is 24.1 Å². The summed E-state index contributed by atoms with van der Waals surface area (Å²) in [6, 6.07) is 21.1. The maximum atomic E-state index is 12.5. The molecule has 2 aromatic carbocycles. The number of nitrogens with zero attached hydrogens (tertiary/aromatic N) is 2. The molecule has 0 saturated carbocycles. The van der Waals surface area contributed by atoms with Gasteiger partial charge in [-0.2, -0.15) is 4.90 Å². The summed E-state index contributed by atoms with van der Waals surface area (Å²) in [6.45, 7) is 9.86. The van der Waals surface area contributed by atoms with Crippen LogP contribution in [0.3, 0.4) is 0 Å². The third kappa shape index (κ3) is 10.9. The van der Waals surface area contributed by atoms with Crippen LogP contribution in [0.2, 0.25) is 0 Å². The van der Waals surface area contributed by atoms with Crippen LogP contribution < -0.4 is 0 Å². The van der Waals surface area contributed by atoms with Crippen molar-refractivity contribution < 1.29 is 14.1 Å². The van der Waals surface area contributed by atoms with Gasteiger partial charge < -0.3 is 4.74 Å². The minimum atomic E-state index is -5.42. The predicted octanol–water partition coefficient (Wildman–Crippen LogP) is 8.59. The first-order valence-corrected chi connectivity index (χ1v) is 30.3. The SMILES string of the molecule is CC(=O)N(C1=[N+](C(C)C)C(c2ccccc2)C=C(c2ccccc2)O1)C(C)C.[Cl][Sb-]([Cl])([Cl])([Cl])([Cl])[Cl]. The second kappa shape index (κ2) is 11.2. The van der Waals surface area contributed by atoms with Gasteiger partial charge in [0.15, 0.2) is 0 Å². The third-order valence-corrected chi connectivity index (χ3v) is 4.85. The van der Waals surface area contributed by atoms with Gasteiger partial charge in [-0.3, -0.25) is 0 Å². The molecule has 1 unspecified atom stereocenters. The average Bonchev–Trinajstić information content (AvgIpc) is 2.71. The molecule has 1 heterocycles. The van der Waals surface area contributed by atoms with Gasteiger partial charge in [0.25, 0.3) is 0 Å². The summed E-state index contributed by atoms with van der Waals surface area (Å²) in [5.74, 6) is 0.741. The monoisotopic (exact) mass is 708 g/mol. The minimum absolute atomic E-state index is 0.0136. The molecule has 0 saturated heterocycles. The summed E-state index contributed by atoms with van der Waals surface area (Å²) in [5, 5.41) is 0. The summed E-state index contributed by atoms with van der Waals surface area (Å²) < 4.78 is 8.58. The summed E-state index contributed by atoms with van der Waals surface area (Å²) in [6.07, 6.45) is 2.15. The van der Waals surface area contributed by atoms with Crippen LogP contribution in [0.5, 0.6) is 0 Å². The topological polar surface area (TPSA) is 32.5 Å². The van der Waals surface area contributed by atoms with Gasteiger partial charge in [-0.25, -0.2) is 9.37 Å². The molecular formula is C24H29Cl6N2O2Sb. The molecule has 0 N–H and O–H groups in total. The van der Waals surface area contributed by atoms with Crippen LogP contribution in [0.25, 0.3) is 5.76 Å². The number of benzene rings is 2. The van der Waals surface area contributed by atoms with E-state index in [1.165, 1.54) is 0 Å². The molecule has 0 aromatic heterocycles. The first kappa shape index (κ1) is 30.9. The Bertz CT molecular complexity index is 1090. The van der Waals surface area contributed by atoms with Crippen molar-refractivity contribution in [3.05, 3.63) is 77.9 Å². The summed E-state index contributed by atoms with van der Waals surface area (Å²) in [5.41, 5.74) is 2.16. The Hall–Kier alpha value is -0.322. The van der Waals surface area contributed by atoms with Gasteiger partial charge in [0.05, 0.1) is 6.04 Å². The van der Waals surface area contributed by atoms with E-state index in [2.05, 4.69) is 36.6 Å². The van der Waals surface area contributed by atoms with Gasteiger partial charge in [0.2, 0.25) is 0 Å². The predicted molar refractivity (Wildman–Crippen MR) is 154 cm³/mol. The molecule has 0 fully saturated rings. The quantitative estimate of drug-likeness (QED) is 0.235. The third-order valence-electron chi connectivity index (χ3n) is 4.85. The fraction of sp³-hybridized carbons (Fsp3) is 0.333. The second-order valence-electron chi connectivity index (χ2n) is 8.58. The van der Waals surface area contributed by atoms with Crippen molar-refractivity contribution in [2.24, 2.45) is 0 Å². The molecular weight excluding hydrogens is 683 g/mol. The van der Waals surface area contributed by atoms with Crippen molar-refractivity contribution in [1.82, 2.24) is 4.90 Å². The number of hydrogen-bond donors (Lipinski definition) is 0. The standard InChI is InChI=1S/C24H29N2O2.6ClH.Sb/c1-17(2)25(19(5)27)24-26(18(3)4)22(20-12-8-6-9-13-20)16-23(28-24)21-14-10-7-11-15-21;;;;;;;/h6-18,22H,1-5H3;6*1H;/q+1;;;;;;;+5/p-6. The average molecular weight is 712 g/mol. The Balaban J connectivity index is 0.000000540. The second-order valence-corrected chi connectivity index (χ2v) is 65.5. The van der Waals surface area contributed by atoms with E-state index < -0.39 is 9.14 Å². The van der Waals surface area contributed by atoms with Gasteiger partial charge >= 0.3 is 74.0 Å². The van der Waals surface area contributed by atoms with Crippen LogP contribution in [0.15, 0.2) is 66.7 Å². The van der Waals surface area contributed by atoms with Crippen LogP contribution in [0.1, 0.15) is 51.8 Å². The number of halogens is 6. The molecule has 194 valence electrons. The number of ether oxygens (including phenoxy) is 1. The van der Waals surface area contributed by atoms with Crippen LogP contribution in [-0.4, -0.2) is 42.6 Å². The molecule has 1 aliphatic heterocycles. The Morgan fingerprint density at radius 2 is 1.34 bits per heavy atom. The van der Waals surface area contributed by atoms with E-state index in [1.807, 2.05) is 62.4 Å². The summed E-state index contributed by atoms with van der Waals surface area (Å²) >= 11 is 0. The van der Waals surface area contributed by atoms with E-state index in [0.29, 0.717) is 6.02 Å². The zero-order valence-corrected chi connectivity index (χ0v) is 27.1. The molecule has 1 aliphatic rings. The molecule has 0 radical (unpaired) electrons. The van der Waals surface area contributed by atoms with Crippen LogP contribution in [-0.2, 0) is 9.53 Å². The van der Waals surface area contributed by atoms with E-state index in [9.17, 15) is 4.79 Å². The zero-order chi connectivity index (χ0) is 26.7. The Morgan fingerprint density at radius 1 is 0.886 bits per heavy atom. The molecule has 11 heteroatoms. The van der Waals surface area contributed by atoms with E-state index in [1.54, 1.807) is 11.8 Å². The van der Waals surface area contributed by atoms with Crippen molar-refractivity contribution >= 4 is 79.8 Å². The molecule has 0 spiro atoms. The van der Waals surface area contributed by atoms with Crippen molar-refractivity contribution in [3.8, 4) is 0 Å². The van der Waals surface area contributed by atoms with Crippen molar-refractivity contribution in [3.63, 3.8) is 0 Å². The van der Waals surface area contributed by atoms with E-state index >= 15 is 0 Å². The molecule has 35 heavy (non-hydrogen) atoms. The normalized spacial score (nSPS) is 18.1. The molecule has 0 aliphatic carbocycles. The fourth-order valence-corrected chi connectivity index (χ4v) is 3.63. The van der Waals surface area contributed by atoms with Crippen molar-refractivity contribution in [2.45, 2.75) is 52.7 Å². The number of hydrogen-bond acceptors (Lipinski definition) is 2. The van der Waals surface area contributed by atoms with Crippen LogP contribution >= 0.6 is 53.0 Å². The maximum absolute atomic E-state index is 12.5. The molecule has 3 rings (SSSR count). The summed E-state index contributed by atoms with van der Waals surface area (Å²) in [7, 11) is 25.0. The van der Waals surface area contributed by atoms with Gasteiger partial charge in [-0.05, 0) is 27.7 Å². The van der Waals surface area contributed by atoms with E-state index in [0.717, 1.165) is 16.9 Å². The first-order valence-electron chi connectivity index (χ1n) is 10.9. The number of carbonyl (C=O) groups excluding carboxylic acids is 1. The van der Waals surface area contributed by atoms with E-state index in [-0.39, 0.29) is 24.0 Å². The zero-order valence-electron chi connectivity index (χ0n) is 20.0. The molecule has 2 aromatic rings. The Kier molecular flexibility index (Phi) is 9.88.